The van der Waals surface area contributed by atoms with Crippen LogP contribution >= 0.6 is 0 Å². The average Bonchev–Trinajstić information content (AvgIpc) is 3.56. The van der Waals surface area contributed by atoms with Crippen molar-refractivity contribution in [3.8, 4) is 0 Å². The highest BCUT2D eigenvalue weighted by molar-refractivity contribution is 5.75. The summed E-state index contributed by atoms with van der Waals surface area (Å²) < 4.78 is 5.61. The van der Waals surface area contributed by atoms with Crippen LogP contribution in [0.1, 0.15) is 88.9 Å². The molecule has 8 heteroatoms. The number of nitrogens with zero attached hydrogens (tertiary/aromatic N) is 3. The summed E-state index contributed by atoms with van der Waals surface area (Å²) >= 11 is 0. The summed E-state index contributed by atoms with van der Waals surface area (Å²) in [6.45, 7) is 7.41. The number of methoxy groups -OCH3 is 1. The molecule has 2 aromatic rings. The topological polar surface area (TPSA) is 103 Å². The molecule has 0 bridgehead atoms. The van der Waals surface area contributed by atoms with Crippen LogP contribution in [0.25, 0.3) is 0 Å². The molecule has 1 aromatic heterocycles. The lowest BCUT2D eigenvalue weighted by molar-refractivity contribution is -0.137. The fourth-order valence-electron chi connectivity index (χ4n) is 5.01. The number of carboxylic acids is 1. The molecule has 0 unspecified atom stereocenters. The van der Waals surface area contributed by atoms with Gasteiger partial charge in [0.2, 0.25) is 5.95 Å². The van der Waals surface area contributed by atoms with Crippen molar-refractivity contribution < 1.29 is 14.6 Å². The third kappa shape index (κ3) is 6.09. The van der Waals surface area contributed by atoms with Gasteiger partial charge in [0.15, 0.2) is 0 Å². The number of hydrogen-bond donors (Lipinski definition) is 3. The van der Waals surface area contributed by atoms with Gasteiger partial charge < -0.3 is 20.1 Å². The van der Waals surface area contributed by atoms with Gasteiger partial charge in [-0.25, -0.2) is 0 Å². The summed E-state index contributed by atoms with van der Waals surface area (Å²) in [6.07, 6.45) is 7.09. The third-order valence-electron chi connectivity index (χ3n) is 7.07. The zero-order valence-corrected chi connectivity index (χ0v) is 20.9. The van der Waals surface area contributed by atoms with Crippen LogP contribution in [0.5, 0.6) is 0 Å². The molecule has 1 atom stereocenters. The summed E-state index contributed by atoms with van der Waals surface area (Å²) in [6, 6.07) is 6.75. The van der Waals surface area contributed by atoms with E-state index in [1.807, 2.05) is 14.0 Å². The van der Waals surface area contributed by atoms with E-state index in [2.05, 4.69) is 57.4 Å². The van der Waals surface area contributed by atoms with Crippen molar-refractivity contribution in [1.82, 2.24) is 15.2 Å². The van der Waals surface area contributed by atoms with Gasteiger partial charge in [-0.3, -0.25) is 9.89 Å². The smallest absolute Gasteiger partial charge is 0.303 e. The van der Waals surface area contributed by atoms with Gasteiger partial charge in [-0.1, -0.05) is 26.8 Å². The number of nitrogens with one attached hydrogen (secondary N) is 2. The maximum Gasteiger partial charge on any atom is 0.303 e. The number of carbonyl (C=O) groups is 1. The quantitative estimate of drug-likeness (QED) is 0.403. The summed E-state index contributed by atoms with van der Waals surface area (Å²) in [5, 5.41) is 20.3. The Kier molecular flexibility index (Phi) is 7.76. The first kappa shape index (κ1) is 24.5. The number of aromatic nitrogens is 3. The van der Waals surface area contributed by atoms with E-state index in [0.717, 1.165) is 67.8 Å². The molecule has 2 aliphatic rings. The van der Waals surface area contributed by atoms with E-state index in [0.29, 0.717) is 29.9 Å². The van der Waals surface area contributed by atoms with Gasteiger partial charge in [0.1, 0.15) is 5.82 Å². The standard InChI is InChI=1S/C26H39N5O3/c1-16(2)15-31(20-8-10-21(34-4)11-9-20)23-12-7-19(17(3)13-24(32)33)14-22(23)27-26-28-25(29-30-26)18-5-6-18/h7,12,14,16-18,20-21H,5-6,8-11,13,15H2,1-4H3,(H,32,33)(H2,27,28,29,30)/t17-,20-,21+/m1/s1. The highest BCUT2D eigenvalue weighted by Gasteiger charge is 2.29. The lowest BCUT2D eigenvalue weighted by atomic mass is 9.90. The molecule has 1 aromatic carbocycles. The van der Waals surface area contributed by atoms with E-state index >= 15 is 0 Å². The summed E-state index contributed by atoms with van der Waals surface area (Å²) in [5.41, 5.74) is 3.06. The molecular formula is C26H39N5O3. The van der Waals surface area contributed by atoms with E-state index in [-0.39, 0.29) is 12.3 Å². The highest BCUT2D eigenvalue weighted by Crippen LogP contribution is 2.40. The Morgan fingerprint density at radius 3 is 2.56 bits per heavy atom. The highest BCUT2D eigenvalue weighted by atomic mass is 16.5. The molecule has 8 nitrogen and oxygen atoms in total. The Morgan fingerprint density at radius 1 is 1.21 bits per heavy atom. The minimum absolute atomic E-state index is 0.0861. The van der Waals surface area contributed by atoms with Crippen LogP contribution in [0.4, 0.5) is 17.3 Å². The van der Waals surface area contributed by atoms with Crippen molar-refractivity contribution in [2.45, 2.75) is 89.7 Å². The first-order valence-electron chi connectivity index (χ1n) is 12.7. The lowest BCUT2D eigenvalue weighted by Gasteiger charge is -2.40. The third-order valence-corrected chi connectivity index (χ3v) is 7.07. The lowest BCUT2D eigenvalue weighted by Crippen LogP contribution is -2.41. The Balaban J connectivity index is 1.66. The number of H-pyrrole nitrogens is 1. The van der Waals surface area contributed by atoms with Crippen molar-refractivity contribution in [2.24, 2.45) is 5.92 Å². The van der Waals surface area contributed by atoms with Gasteiger partial charge in [-0.05, 0) is 68.1 Å². The Morgan fingerprint density at radius 2 is 1.94 bits per heavy atom. The average molecular weight is 470 g/mol. The number of anilines is 3. The maximum atomic E-state index is 11.3. The molecule has 186 valence electrons. The Labute approximate surface area is 202 Å². The fraction of sp³-hybridized carbons (Fsp3) is 0.654. The van der Waals surface area contributed by atoms with Crippen molar-refractivity contribution in [2.75, 3.05) is 23.9 Å². The molecule has 1 heterocycles. The number of rotatable bonds is 11. The molecular weight excluding hydrogens is 430 g/mol. The van der Waals surface area contributed by atoms with E-state index < -0.39 is 5.97 Å². The van der Waals surface area contributed by atoms with Crippen molar-refractivity contribution in [1.29, 1.82) is 0 Å². The predicted octanol–water partition coefficient (Wildman–Crippen LogP) is 5.42. The number of aromatic amines is 1. The van der Waals surface area contributed by atoms with Crippen LogP contribution in [0.15, 0.2) is 18.2 Å². The summed E-state index contributed by atoms with van der Waals surface area (Å²) in [5.74, 6) is 1.64. The SMILES string of the molecule is CO[C@H]1CC[C@@H](N(CC(C)C)c2ccc([C@H](C)CC(=O)O)cc2Nc2n[nH]c(C3CC3)n2)CC1. The molecule has 0 aliphatic heterocycles. The second-order valence-electron chi connectivity index (χ2n) is 10.4. The predicted molar refractivity (Wildman–Crippen MR) is 134 cm³/mol. The minimum Gasteiger partial charge on any atom is -0.481 e. The van der Waals surface area contributed by atoms with Crippen LogP contribution in [-0.2, 0) is 9.53 Å². The Hall–Kier alpha value is -2.61. The van der Waals surface area contributed by atoms with Gasteiger partial charge in [0.25, 0.3) is 0 Å². The van der Waals surface area contributed by atoms with Crippen molar-refractivity contribution in [3.05, 3.63) is 29.6 Å². The first-order valence-corrected chi connectivity index (χ1v) is 12.7. The van der Waals surface area contributed by atoms with Crippen LogP contribution in [0, 0.1) is 5.92 Å². The number of carboxylic acid groups (broad SMARTS) is 1. The van der Waals surface area contributed by atoms with Crippen molar-refractivity contribution in [3.63, 3.8) is 0 Å². The van der Waals surface area contributed by atoms with Crippen LogP contribution in [0.3, 0.4) is 0 Å². The normalized spacial score (nSPS) is 21.4. The van der Waals surface area contributed by atoms with Crippen LogP contribution in [-0.4, -0.2) is 52.1 Å². The second kappa shape index (κ2) is 10.8. The zero-order chi connectivity index (χ0) is 24.2. The van der Waals surface area contributed by atoms with E-state index in [1.54, 1.807) is 0 Å². The number of ether oxygens (including phenoxy) is 1. The van der Waals surface area contributed by atoms with Crippen LogP contribution < -0.4 is 10.2 Å². The number of aliphatic carboxylic acids is 1. The van der Waals surface area contributed by atoms with Crippen LogP contribution in [0.2, 0.25) is 0 Å². The molecule has 2 aliphatic carbocycles. The molecule has 2 fully saturated rings. The second-order valence-corrected chi connectivity index (χ2v) is 10.4. The monoisotopic (exact) mass is 469 g/mol. The van der Waals surface area contributed by atoms with Gasteiger partial charge in [-0.15, -0.1) is 5.10 Å². The van der Waals surface area contributed by atoms with E-state index in [1.165, 1.54) is 0 Å². The van der Waals surface area contributed by atoms with E-state index in [9.17, 15) is 9.90 Å². The molecule has 0 spiro atoms. The zero-order valence-electron chi connectivity index (χ0n) is 20.9. The Bertz CT molecular complexity index is 963. The number of benzene rings is 1. The molecule has 34 heavy (non-hydrogen) atoms. The number of hydrogen-bond acceptors (Lipinski definition) is 6. The maximum absolute atomic E-state index is 11.3. The molecule has 3 N–H and O–H groups in total. The molecule has 2 saturated carbocycles. The van der Waals surface area contributed by atoms with Gasteiger partial charge in [-0.2, -0.15) is 4.98 Å². The van der Waals surface area contributed by atoms with Gasteiger partial charge >= 0.3 is 5.97 Å². The summed E-state index contributed by atoms with van der Waals surface area (Å²) in [4.78, 5) is 18.5. The fourth-order valence-corrected chi connectivity index (χ4v) is 5.01. The largest absolute Gasteiger partial charge is 0.481 e. The molecule has 0 amide bonds. The van der Waals surface area contributed by atoms with E-state index in [4.69, 9.17) is 4.74 Å². The van der Waals surface area contributed by atoms with Gasteiger partial charge in [0, 0.05) is 25.6 Å². The molecule has 0 saturated heterocycles. The molecule has 4 rings (SSSR count). The summed E-state index contributed by atoms with van der Waals surface area (Å²) in [7, 11) is 1.81. The van der Waals surface area contributed by atoms with Gasteiger partial charge in [0.05, 0.1) is 23.9 Å². The van der Waals surface area contributed by atoms with Crippen molar-refractivity contribution >= 4 is 23.3 Å². The minimum atomic E-state index is -0.787. The first-order chi connectivity index (χ1) is 16.3. The molecule has 0 radical (unpaired) electrons.